The van der Waals surface area contributed by atoms with Crippen LogP contribution in [-0.4, -0.2) is 21.1 Å². The van der Waals surface area contributed by atoms with Gasteiger partial charge in [0.05, 0.1) is 6.04 Å². The highest BCUT2D eigenvalue weighted by molar-refractivity contribution is 5.68. The zero-order chi connectivity index (χ0) is 10.7. The minimum absolute atomic E-state index is 0.0902. The number of aromatic nitrogens is 3. The molecule has 76 valence electrons. The molecule has 2 rings (SSSR count). The standard InChI is InChI=1S/C11H11N3O/c1-9(10-5-3-2-4-6-10)14-8-12-11(7-15)13-14/h2-9H,1H3. The summed E-state index contributed by atoms with van der Waals surface area (Å²) in [5.74, 6) is 0.220. The molecule has 1 unspecified atom stereocenters. The van der Waals surface area contributed by atoms with E-state index in [-0.39, 0.29) is 11.9 Å². The topological polar surface area (TPSA) is 47.8 Å². The maximum atomic E-state index is 10.4. The van der Waals surface area contributed by atoms with E-state index in [4.69, 9.17) is 0 Å². The summed E-state index contributed by atoms with van der Waals surface area (Å²) in [5.41, 5.74) is 1.14. The molecule has 0 radical (unpaired) electrons. The summed E-state index contributed by atoms with van der Waals surface area (Å²) in [6.45, 7) is 2.01. The predicted molar refractivity (Wildman–Crippen MR) is 55.7 cm³/mol. The Labute approximate surface area is 87.6 Å². The van der Waals surface area contributed by atoms with Gasteiger partial charge in [-0.2, -0.15) is 0 Å². The first kappa shape index (κ1) is 9.58. The van der Waals surface area contributed by atoms with Gasteiger partial charge in [-0.1, -0.05) is 30.3 Å². The Hall–Kier alpha value is -1.97. The molecule has 1 atom stereocenters. The van der Waals surface area contributed by atoms with Gasteiger partial charge in [-0.15, -0.1) is 5.10 Å². The van der Waals surface area contributed by atoms with Gasteiger partial charge in [-0.05, 0) is 12.5 Å². The molecule has 1 aromatic heterocycles. The van der Waals surface area contributed by atoms with Crippen LogP contribution in [0.3, 0.4) is 0 Å². The first-order chi connectivity index (χ1) is 7.31. The summed E-state index contributed by atoms with van der Waals surface area (Å²) >= 11 is 0. The van der Waals surface area contributed by atoms with Gasteiger partial charge >= 0.3 is 0 Å². The van der Waals surface area contributed by atoms with Crippen LogP contribution < -0.4 is 0 Å². The summed E-state index contributed by atoms with van der Waals surface area (Å²) in [6.07, 6.45) is 2.22. The Kier molecular flexibility index (Phi) is 2.58. The number of benzene rings is 1. The first-order valence-corrected chi connectivity index (χ1v) is 4.72. The fourth-order valence-corrected chi connectivity index (χ4v) is 1.41. The SMILES string of the molecule is CC(c1ccccc1)n1cnc(C=O)n1. The maximum absolute atomic E-state index is 10.4. The first-order valence-electron chi connectivity index (χ1n) is 4.72. The molecule has 0 aliphatic heterocycles. The molecule has 0 aliphatic rings. The Bertz CT molecular complexity index is 450. The summed E-state index contributed by atoms with van der Waals surface area (Å²) in [6, 6.07) is 10.0. The van der Waals surface area contributed by atoms with Gasteiger partial charge < -0.3 is 0 Å². The molecule has 0 spiro atoms. The third-order valence-electron chi connectivity index (χ3n) is 2.31. The monoisotopic (exact) mass is 201 g/mol. The second-order valence-corrected chi connectivity index (χ2v) is 3.29. The predicted octanol–water partition coefficient (Wildman–Crippen LogP) is 1.70. The highest BCUT2D eigenvalue weighted by Gasteiger charge is 2.08. The number of nitrogens with zero attached hydrogens (tertiary/aromatic N) is 3. The van der Waals surface area contributed by atoms with Crippen molar-refractivity contribution >= 4 is 6.29 Å². The van der Waals surface area contributed by atoms with Gasteiger partial charge in [-0.25, -0.2) is 9.67 Å². The molecule has 15 heavy (non-hydrogen) atoms. The third kappa shape index (κ3) is 1.93. The van der Waals surface area contributed by atoms with Gasteiger partial charge in [0.2, 0.25) is 5.82 Å². The molecule has 0 amide bonds. The summed E-state index contributed by atoms with van der Waals surface area (Å²) in [4.78, 5) is 14.3. The van der Waals surface area contributed by atoms with E-state index in [2.05, 4.69) is 10.1 Å². The smallest absolute Gasteiger partial charge is 0.214 e. The normalized spacial score (nSPS) is 12.3. The van der Waals surface area contributed by atoms with Gasteiger partial charge in [0, 0.05) is 0 Å². The van der Waals surface area contributed by atoms with Crippen molar-refractivity contribution in [1.82, 2.24) is 14.8 Å². The van der Waals surface area contributed by atoms with E-state index < -0.39 is 0 Å². The third-order valence-corrected chi connectivity index (χ3v) is 2.31. The molecule has 0 N–H and O–H groups in total. The van der Waals surface area contributed by atoms with Crippen molar-refractivity contribution < 1.29 is 4.79 Å². The molecule has 0 bridgehead atoms. The van der Waals surface area contributed by atoms with E-state index in [9.17, 15) is 4.79 Å². The Balaban J connectivity index is 2.28. The maximum Gasteiger partial charge on any atom is 0.214 e. The van der Waals surface area contributed by atoms with Crippen LogP contribution in [0.4, 0.5) is 0 Å². The molecular formula is C11H11N3O. The number of carbonyl (C=O) groups excluding carboxylic acids is 1. The van der Waals surface area contributed by atoms with Gasteiger partial charge in [0.15, 0.2) is 6.29 Å². The summed E-state index contributed by atoms with van der Waals surface area (Å²) < 4.78 is 1.68. The second-order valence-electron chi connectivity index (χ2n) is 3.29. The Morgan fingerprint density at radius 3 is 2.67 bits per heavy atom. The summed E-state index contributed by atoms with van der Waals surface area (Å²) in [7, 11) is 0. The van der Waals surface area contributed by atoms with E-state index in [1.165, 1.54) is 0 Å². The molecule has 4 heteroatoms. The molecular weight excluding hydrogens is 190 g/mol. The molecule has 2 aromatic rings. The Morgan fingerprint density at radius 2 is 2.07 bits per heavy atom. The highest BCUT2D eigenvalue weighted by atomic mass is 16.1. The highest BCUT2D eigenvalue weighted by Crippen LogP contribution is 2.15. The minimum Gasteiger partial charge on any atom is -0.294 e. The molecule has 0 saturated heterocycles. The lowest BCUT2D eigenvalue weighted by molar-refractivity contribution is 0.111. The van der Waals surface area contributed by atoms with Crippen LogP contribution in [0.2, 0.25) is 0 Å². The van der Waals surface area contributed by atoms with Crippen LogP contribution in [0.1, 0.15) is 29.1 Å². The molecule has 4 nitrogen and oxygen atoms in total. The number of hydrogen-bond donors (Lipinski definition) is 0. The van der Waals surface area contributed by atoms with E-state index >= 15 is 0 Å². The number of carbonyl (C=O) groups is 1. The van der Waals surface area contributed by atoms with Crippen LogP contribution in [0, 0.1) is 0 Å². The zero-order valence-corrected chi connectivity index (χ0v) is 8.37. The van der Waals surface area contributed by atoms with Crippen molar-refractivity contribution in [2.75, 3.05) is 0 Å². The van der Waals surface area contributed by atoms with Crippen LogP contribution in [0.15, 0.2) is 36.7 Å². The second kappa shape index (κ2) is 4.04. The quantitative estimate of drug-likeness (QED) is 0.710. The van der Waals surface area contributed by atoms with E-state index in [1.807, 2.05) is 37.3 Å². The zero-order valence-electron chi connectivity index (χ0n) is 8.37. The summed E-state index contributed by atoms with van der Waals surface area (Å²) in [5, 5.41) is 4.04. The largest absolute Gasteiger partial charge is 0.294 e. The van der Waals surface area contributed by atoms with Crippen LogP contribution in [-0.2, 0) is 0 Å². The number of hydrogen-bond acceptors (Lipinski definition) is 3. The lowest BCUT2D eigenvalue weighted by atomic mass is 10.1. The van der Waals surface area contributed by atoms with E-state index in [1.54, 1.807) is 11.0 Å². The van der Waals surface area contributed by atoms with Crippen molar-refractivity contribution in [1.29, 1.82) is 0 Å². The van der Waals surface area contributed by atoms with Gasteiger partial charge in [0.25, 0.3) is 0 Å². The van der Waals surface area contributed by atoms with Crippen molar-refractivity contribution in [2.24, 2.45) is 0 Å². The molecule has 0 fully saturated rings. The van der Waals surface area contributed by atoms with Crippen LogP contribution in [0.25, 0.3) is 0 Å². The van der Waals surface area contributed by atoms with Gasteiger partial charge in [0.1, 0.15) is 6.33 Å². The Morgan fingerprint density at radius 1 is 1.33 bits per heavy atom. The number of rotatable bonds is 3. The lowest BCUT2D eigenvalue weighted by Gasteiger charge is -2.10. The molecule has 1 heterocycles. The molecule has 0 saturated carbocycles. The average Bonchev–Trinajstić information content (AvgIpc) is 2.78. The molecule has 1 aromatic carbocycles. The van der Waals surface area contributed by atoms with E-state index in [0.29, 0.717) is 6.29 Å². The molecule has 0 aliphatic carbocycles. The fourth-order valence-electron chi connectivity index (χ4n) is 1.41. The van der Waals surface area contributed by atoms with Gasteiger partial charge in [-0.3, -0.25) is 4.79 Å². The van der Waals surface area contributed by atoms with Crippen molar-refractivity contribution in [2.45, 2.75) is 13.0 Å². The van der Waals surface area contributed by atoms with Crippen molar-refractivity contribution in [3.63, 3.8) is 0 Å². The van der Waals surface area contributed by atoms with Crippen LogP contribution >= 0.6 is 0 Å². The number of aldehydes is 1. The minimum atomic E-state index is 0.0902. The van der Waals surface area contributed by atoms with Crippen LogP contribution in [0.5, 0.6) is 0 Å². The fraction of sp³-hybridized carbons (Fsp3) is 0.182. The van der Waals surface area contributed by atoms with E-state index in [0.717, 1.165) is 5.56 Å². The van der Waals surface area contributed by atoms with Crippen molar-refractivity contribution in [3.05, 3.63) is 48.0 Å². The lowest BCUT2D eigenvalue weighted by Crippen LogP contribution is -2.07. The van der Waals surface area contributed by atoms with Crippen molar-refractivity contribution in [3.8, 4) is 0 Å². The average molecular weight is 201 g/mol.